The van der Waals surface area contributed by atoms with Crippen LogP contribution in [-0.2, 0) is 10.2 Å². The molecule has 0 unspecified atom stereocenters. The Morgan fingerprint density at radius 2 is 1.95 bits per heavy atom. The summed E-state index contributed by atoms with van der Waals surface area (Å²) >= 11 is 0. The normalized spacial score (nSPS) is 16.0. The van der Waals surface area contributed by atoms with Gasteiger partial charge in [-0.15, -0.1) is 12.4 Å². The number of hydrogen-bond donors (Lipinski definition) is 2. The van der Waals surface area contributed by atoms with Crippen molar-refractivity contribution < 1.29 is 9.18 Å². The Labute approximate surface area is 137 Å². The molecule has 0 radical (unpaired) electrons. The lowest BCUT2D eigenvalue weighted by molar-refractivity contribution is -0.125. The molecule has 4 nitrogen and oxygen atoms in total. The first kappa shape index (κ1) is 18.9. The molecule has 1 fully saturated rings. The summed E-state index contributed by atoms with van der Waals surface area (Å²) in [5.41, 5.74) is -0.431. The number of nitrogens with one attached hydrogen (secondary N) is 2. The second-order valence-electron chi connectivity index (χ2n) is 5.95. The first-order chi connectivity index (χ1) is 10.0. The van der Waals surface area contributed by atoms with E-state index in [1.165, 1.54) is 6.07 Å². The number of nitrogens with zero attached hydrogens (tertiary/aromatic N) is 1. The highest BCUT2D eigenvalue weighted by Crippen LogP contribution is 2.25. The van der Waals surface area contributed by atoms with Crippen LogP contribution in [0.5, 0.6) is 0 Å². The number of rotatable bonds is 5. The SMILES string of the molecule is CC(C)(C(=O)NCCN1CCNCC1)c1ccccc1F.Cl. The lowest BCUT2D eigenvalue weighted by Crippen LogP contribution is -2.48. The average molecular weight is 330 g/mol. The van der Waals surface area contributed by atoms with E-state index in [0.29, 0.717) is 12.1 Å². The van der Waals surface area contributed by atoms with Crippen molar-refractivity contribution in [3.05, 3.63) is 35.6 Å². The van der Waals surface area contributed by atoms with E-state index in [-0.39, 0.29) is 24.1 Å². The van der Waals surface area contributed by atoms with E-state index in [2.05, 4.69) is 15.5 Å². The molecule has 1 amide bonds. The van der Waals surface area contributed by atoms with Gasteiger partial charge in [0.2, 0.25) is 5.91 Å². The topological polar surface area (TPSA) is 44.4 Å². The molecule has 0 aliphatic carbocycles. The second kappa shape index (κ2) is 8.46. The maximum Gasteiger partial charge on any atom is 0.230 e. The highest BCUT2D eigenvalue weighted by atomic mass is 35.5. The number of hydrogen-bond acceptors (Lipinski definition) is 3. The summed E-state index contributed by atoms with van der Waals surface area (Å²) in [4.78, 5) is 14.7. The number of halogens is 2. The monoisotopic (exact) mass is 329 g/mol. The van der Waals surface area contributed by atoms with Gasteiger partial charge in [0.05, 0.1) is 5.41 Å². The fraction of sp³-hybridized carbons (Fsp3) is 0.562. The average Bonchev–Trinajstić information content (AvgIpc) is 2.48. The van der Waals surface area contributed by atoms with Crippen molar-refractivity contribution in [1.29, 1.82) is 0 Å². The van der Waals surface area contributed by atoms with E-state index in [0.717, 1.165) is 32.7 Å². The Morgan fingerprint density at radius 3 is 2.59 bits per heavy atom. The fourth-order valence-electron chi connectivity index (χ4n) is 2.57. The van der Waals surface area contributed by atoms with Crippen LogP contribution in [0.15, 0.2) is 24.3 Å². The molecule has 124 valence electrons. The molecule has 1 aliphatic heterocycles. The second-order valence-corrected chi connectivity index (χ2v) is 5.95. The zero-order chi connectivity index (χ0) is 15.3. The van der Waals surface area contributed by atoms with Gasteiger partial charge in [-0.2, -0.15) is 0 Å². The number of amides is 1. The van der Waals surface area contributed by atoms with Gasteiger partial charge in [0.1, 0.15) is 5.82 Å². The molecule has 1 aromatic carbocycles. The van der Waals surface area contributed by atoms with Gasteiger partial charge >= 0.3 is 0 Å². The third-order valence-electron chi connectivity index (χ3n) is 4.04. The molecular formula is C16H25ClFN3O. The van der Waals surface area contributed by atoms with Gasteiger partial charge in [-0.25, -0.2) is 4.39 Å². The van der Waals surface area contributed by atoms with E-state index in [4.69, 9.17) is 0 Å². The fourth-order valence-corrected chi connectivity index (χ4v) is 2.57. The van der Waals surface area contributed by atoms with Crippen LogP contribution in [0.3, 0.4) is 0 Å². The Hall–Kier alpha value is -1.17. The van der Waals surface area contributed by atoms with Crippen LogP contribution in [0, 0.1) is 5.82 Å². The van der Waals surface area contributed by atoms with Gasteiger partial charge in [0.15, 0.2) is 0 Å². The minimum atomic E-state index is -0.866. The van der Waals surface area contributed by atoms with Gasteiger partial charge in [-0.3, -0.25) is 9.69 Å². The van der Waals surface area contributed by atoms with Gasteiger partial charge in [-0.1, -0.05) is 18.2 Å². The summed E-state index contributed by atoms with van der Waals surface area (Å²) in [6.07, 6.45) is 0. The minimum Gasteiger partial charge on any atom is -0.354 e. The third kappa shape index (κ3) is 4.66. The molecule has 1 heterocycles. The highest BCUT2D eigenvalue weighted by molar-refractivity contribution is 5.87. The van der Waals surface area contributed by atoms with Crippen LogP contribution in [0.1, 0.15) is 19.4 Å². The first-order valence-electron chi connectivity index (χ1n) is 7.48. The zero-order valence-electron chi connectivity index (χ0n) is 13.2. The molecular weight excluding hydrogens is 305 g/mol. The Morgan fingerprint density at radius 1 is 1.32 bits per heavy atom. The summed E-state index contributed by atoms with van der Waals surface area (Å²) in [5.74, 6) is -0.470. The van der Waals surface area contributed by atoms with Crippen LogP contribution in [0.2, 0.25) is 0 Å². The van der Waals surface area contributed by atoms with Crippen molar-refractivity contribution in [3.8, 4) is 0 Å². The number of carbonyl (C=O) groups excluding carboxylic acids is 1. The largest absolute Gasteiger partial charge is 0.354 e. The Bertz CT molecular complexity index is 490. The summed E-state index contributed by atoms with van der Waals surface area (Å²) in [5, 5.41) is 6.22. The molecule has 0 saturated carbocycles. The van der Waals surface area contributed by atoms with Crippen molar-refractivity contribution in [2.75, 3.05) is 39.3 Å². The zero-order valence-corrected chi connectivity index (χ0v) is 14.0. The standard InChI is InChI=1S/C16H24FN3O.ClH/c1-16(2,13-5-3-4-6-14(13)17)15(21)19-9-12-20-10-7-18-8-11-20;/h3-6,18H,7-12H2,1-2H3,(H,19,21);1H. The molecule has 6 heteroatoms. The number of piperazine rings is 1. The lowest BCUT2D eigenvalue weighted by Gasteiger charge is -2.28. The molecule has 1 saturated heterocycles. The first-order valence-corrected chi connectivity index (χ1v) is 7.48. The van der Waals surface area contributed by atoms with Crippen molar-refractivity contribution in [2.45, 2.75) is 19.3 Å². The molecule has 0 spiro atoms. The van der Waals surface area contributed by atoms with E-state index in [1.807, 2.05) is 0 Å². The predicted molar refractivity (Wildman–Crippen MR) is 89.0 cm³/mol. The third-order valence-corrected chi connectivity index (χ3v) is 4.04. The Kier molecular flexibility index (Phi) is 7.26. The quantitative estimate of drug-likeness (QED) is 0.861. The number of carbonyl (C=O) groups is 1. The van der Waals surface area contributed by atoms with Crippen molar-refractivity contribution >= 4 is 18.3 Å². The molecule has 0 aromatic heterocycles. The van der Waals surface area contributed by atoms with Gasteiger partial charge in [0.25, 0.3) is 0 Å². The summed E-state index contributed by atoms with van der Waals surface area (Å²) in [6.45, 7) is 8.94. The van der Waals surface area contributed by atoms with E-state index < -0.39 is 5.41 Å². The Balaban J connectivity index is 0.00000242. The van der Waals surface area contributed by atoms with Gasteiger partial charge < -0.3 is 10.6 Å². The van der Waals surface area contributed by atoms with E-state index in [1.54, 1.807) is 32.0 Å². The van der Waals surface area contributed by atoms with Gasteiger partial charge in [0, 0.05) is 44.8 Å². The molecule has 1 aliphatic rings. The molecule has 0 bridgehead atoms. The molecule has 0 atom stereocenters. The molecule has 2 N–H and O–H groups in total. The summed E-state index contributed by atoms with van der Waals surface area (Å²) in [7, 11) is 0. The molecule has 1 aromatic rings. The van der Waals surface area contributed by atoms with Crippen LogP contribution in [0.4, 0.5) is 4.39 Å². The van der Waals surface area contributed by atoms with E-state index in [9.17, 15) is 9.18 Å². The van der Waals surface area contributed by atoms with Crippen molar-refractivity contribution in [2.24, 2.45) is 0 Å². The van der Waals surface area contributed by atoms with Crippen LogP contribution < -0.4 is 10.6 Å². The van der Waals surface area contributed by atoms with E-state index >= 15 is 0 Å². The lowest BCUT2D eigenvalue weighted by atomic mass is 9.83. The molecule has 22 heavy (non-hydrogen) atoms. The van der Waals surface area contributed by atoms with Crippen LogP contribution in [-0.4, -0.2) is 50.1 Å². The van der Waals surface area contributed by atoms with Crippen LogP contribution in [0.25, 0.3) is 0 Å². The molecule has 2 rings (SSSR count). The van der Waals surface area contributed by atoms with Crippen molar-refractivity contribution in [1.82, 2.24) is 15.5 Å². The summed E-state index contributed by atoms with van der Waals surface area (Å²) < 4.78 is 13.9. The van der Waals surface area contributed by atoms with Crippen molar-refractivity contribution in [3.63, 3.8) is 0 Å². The summed E-state index contributed by atoms with van der Waals surface area (Å²) in [6, 6.07) is 6.46. The maximum atomic E-state index is 13.9. The maximum absolute atomic E-state index is 13.9. The highest BCUT2D eigenvalue weighted by Gasteiger charge is 2.31. The number of benzene rings is 1. The minimum absolute atomic E-state index is 0. The predicted octanol–water partition coefficient (Wildman–Crippen LogP) is 1.55. The van der Waals surface area contributed by atoms with Gasteiger partial charge in [-0.05, 0) is 19.9 Å². The smallest absolute Gasteiger partial charge is 0.230 e. The van der Waals surface area contributed by atoms with Crippen LogP contribution >= 0.6 is 12.4 Å².